The van der Waals surface area contributed by atoms with Crippen molar-refractivity contribution in [1.82, 2.24) is 0 Å². The summed E-state index contributed by atoms with van der Waals surface area (Å²) in [5.74, 6) is -5.68. The highest BCUT2D eigenvalue weighted by atomic mass is 19.4. The Morgan fingerprint density at radius 3 is 1.46 bits per heavy atom. The summed E-state index contributed by atoms with van der Waals surface area (Å²) in [6.45, 7) is 0. The van der Waals surface area contributed by atoms with Crippen LogP contribution < -0.4 is 0 Å². The zero-order chi connectivity index (χ0) is 11.1. The number of nitro groups is 1. The first kappa shape index (κ1) is 12.0. The van der Waals surface area contributed by atoms with Gasteiger partial charge in [-0.2, -0.15) is 13.2 Å². The molecular weight excluding hydrogens is 209 g/mol. The highest BCUT2D eigenvalue weighted by Crippen LogP contribution is 2.39. The van der Waals surface area contributed by atoms with Gasteiger partial charge in [0.2, 0.25) is 0 Å². The van der Waals surface area contributed by atoms with Gasteiger partial charge >= 0.3 is 18.0 Å². The topological polar surface area (TPSA) is 83.6 Å². The molecule has 0 saturated heterocycles. The largest absolute Gasteiger partial charge is 0.575 e. The molecule has 0 fully saturated rings. The van der Waals surface area contributed by atoms with E-state index in [1.165, 1.54) is 0 Å². The van der Waals surface area contributed by atoms with Gasteiger partial charge in [-0.25, -0.2) is 0 Å². The van der Waals surface area contributed by atoms with Crippen molar-refractivity contribution in [3.05, 3.63) is 10.1 Å². The van der Waals surface area contributed by atoms with Crippen LogP contribution in [0.15, 0.2) is 0 Å². The quantitative estimate of drug-likeness (QED) is 0.223. The van der Waals surface area contributed by atoms with Crippen molar-refractivity contribution >= 4 is 0 Å². The van der Waals surface area contributed by atoms with Gasteiger partial charge in [0.1, 0.15) is 4.92 Å². The van der Waals surface area contributed by atoms with Gasteiger partial charge < -0.3 is 10.2 Å². The third-order valence-corrected chi connectivity index (χ3v) is 1.04. The minimum absolute atomic E-state index is 2.74. The van der Waals surface area contributed by atoms with Crippen molar-refractivity contribution in [2.75, 3.05) is 0 Å². The lowest BCUT2D eigenvalue weighted by Crippen LogP contribution is -2.62. The summed E-state index contributed by atoms with van der Waals surface area (Å²) in [6, 6.07) is -5.91. The Hall–Kier alpha value is -1.03. The van der Waals surface area contributed by atoms with E-state index in [2.05, 4.69) is 0 Å². The average molecular weight is 211 g/mol. The lowest BCUT2D eigenvalue weighted by atomic mass is 10.2. The molecule has 0 saturated carbocycles. The van der Waals surface area contributed by atoms with E-state index in [0.717, 1.165) is 0 Å². The molecule has 0 aliphatic heterocycles. The fourth-order valence-corrected chi connectivity index (χ4v) is 0.298. The Kier molecular flexibility index (Phi) is 2.52. The molecule has 0 radical (unpaired) electrons. The van der Waals surface area contributed by atoms with E-state index in [-0.39, 0.29) is 0 Å². The zero-order valence-electron chi connectivity index (χ0n) is 5.55. The Labute approximate surface area is 66.5 Å². The fourth-order valence-electron chi connectivity index (χ4n) is 0.298. The average Bonchev–Trinajstić information content (AvgIpc) is 1.84. The summed E-state index contributed by atoms with van der Waals surface area (Å²) in [4.78, 5) is 6.61. The molecule has 0 aliphatic carbocycles. The third-order valence-electron chi connectivity index (χ3n) is 1.04. The summed E-state index contributed by atoms with van der Waals surface area (Å²) in [7, 11) is 0. The predicted molar refractivity (Wildman–Crippen MR) is 25.2 cm³/mol. The highest BCUT2D eigenvalue weighted by molar-refractivity contribution is 4.82. The molecule has 0 aliphatic rings. The summed E-state index contributed by atoms with van der Waals surface area (Å²) in [5.41, 5.74) is 0. The van der Waals surface area contributed by atoms with Crippen LogP contribution in [0.3, 0.4) is 0 Å². The summed E-state index contributed by atoms with van der Waals surface area (Å²) < 4.78 is 58.0. The first-order valence-corrected chi connectivity index (χ1v) is 2.48. The smallest absolute Gasteiger partial charge is 0.348 e. The van der Waals surface area contributed by atoms with Crippen molar-refractivity contribution in [3.8, 4) is 0 Å². The number of hydrogen-bond acceptors (Lipinski definition) is 4. The van der Waals surface area contributed by atoms with Crippen LogP contribution in [-0.4, -0.2) is 33.1 Å². The fraction of sp³-hybridized carbons (Fsp3) is 1.00. The van der Waals surface area contributed by atoms with Gasteiger partial charge in [0.15, 0.2) is 0 Å². The lowest BCUT2D eigenvalue weighted by molar-refractivity contribution is -0.700. The molecule has 2 N–H and O–H groups in total. The van der Waals surface area contributed by atoms with Gasteiger partial charge in [-0.05, 0) is 0 Å². The second kappa shape index (κ2) is 2.73. The van der Waals surface area contributed by atoms with Crippen molar-refractivity contribution in [3.63, 3.8) is 0 Å². The normalized spacial score (nSPS) is 14.4. The van der Waals surface area contributed by atoms with Gasteiger partial charge in [-0.15, -0.1) is 8.78 Å². The van der Waals surface area contributed by atoms with E-state index in [0.29, 0.717) is 0 Å². The number of rotatable bonds is 2. The maximum Gasteiger partial charge on any atom is 0.575 e. The van der Waals surface area contributed by atoms with E-state index < -0.39 is 22.9 Å². The second-order valence-electron chi connectivity index (χ2n) is 1.97. The van der Waals surface area contributed by atoms with E-state index in [1.807, 2.05) is 0 Å². The maximum atomic E-state index is 11.9. The number of alkyl halides is 5. The van der Waals surface area contributed by atoms with Gasteiger partial charge in [0, 0.05) is 0 Å². The van der Waals surface area contributed by atoms with E-state index in [9.17, 15) is 32.1 Å². The molecule has 5 nitrogen and oxygen atoms in total. The molecule has 13 heavy (non-hydrogen) atoms. The second-order valence-corrected chi connectivity index (χ2v) is 1.97. The van der Waals surface area contributed by atoms with Gasteiger partial charge in [-0.3, -0.25) is 10.1 Å². The van der Waals surface area contributed by atoms with E-state index >= 15 is 0 Å². The number of hydrogen-bond donors (Lipinski definition) is 2. The van der Waals surface area contributed by atoms with Crippen molar-refractivity contribution in [2.45, 2.75) is 18.0 Å². The Balaban J connectivity index is 5.16. The predicted octanol–water partition coefficient (Wildman–Crippen LogP) is 0.0991. The van der Waals surface area contributed by atoms with Crippen LogP contribution in [-0.2, 0) is 0 Å². The van der Waals surface area contributed by atoms with E-state index in [4.69, 9.17) is 10.2 Å². The van der Waals surface area contributed by atoms with Crippen LogP contribution in [0, 0.1) is 10.1 Å². The molecule has 0 aromatic heterocycles. The van der Waals surface area contributed by atoms with Crippen LogP contribution in [0.2, 0.25) is 0 Å². The Morgan fingerprint density at radius 2 is 1.38 bits per heavy atom. The zero-order valence-corrected chi connectivity index (χ0v) is 5.55. The van der Waals surface area contributed by atoms with Crippen molar-refractivity contribution < 1.29 is 37.1 Å². The molecule has 78 valence electrons. The molecule has 0 atom stereocenters. The first-order valence-electron chi connectivity index (χ1n) is 2.48. The minimum atomic E-state index is -6.22. The van der Waals surface area contributed by atoms with Gasteiger partial charge in [0.25, 0.3) is 0 Å². The molecule has 0 bridgehead atoms. The minimum Gasteiger partial charge on any atom is -0.348 e. The summed E-state index contributed by atoms with van der Waals surface area (Å²) >= 11 is 0. The molecule has 0 heterocycles. The molecular formula is C3H2F5NO4. The number of halogens is 5. The SMILES string of the molecule is O=[N+]([O-])C(F)(F)C(O)(O)C(F)(F)F. The Bertz CT molecular complexity index is 222. The molecule has 0 amide bonds. The van der Waals surface area contributed by atoms with Crippen LogP contribution in [0.25, 0.3) is 0 Å². The molecule has 0 unspecified atom stereocenters. The van der Waals surface area contributed by atoms with Crippen LogP contribution >= 0.6 is 0 Å². The van der Waals surface area contributed by atoms with Crippen molar-refractivity contribution in [1.29, 1.82) is 0 Å². The Morgan fingerprint density at radius 1 is 1.08 bits per heavy atom. The standard InChI is InChI=1S/C3H2F5NO4/c4-2(5,6)1(10,11)3(7,8)9(12)13/h10-11H. The molecule has 10 heteroatoms. The monoisotopic (exact) mass is 211 g/mol. The molecule has 0 rings (SSSR count). The maximum absolute atomic E-state index is 11.9. The summed E-state index contributed by atoms with van der Waals surface area (Å²) in [6.07, 6.45) is -6.22. The third kappa shape index (κ3) is 1.67. The van der Waals surface area contributed by atoms with Gasteiger partial charge in [-0.1, -0.05) is 0 Å². The highest BCUT2D eigenvalue weighted by Gasteiger charge is 2.78. The lowest BCUT2D eigenvalue weighted by Gasteiger charge is -2.24. The molecule has 0 spiro atoms. The van der Waals surface area contributed by atoms with E-state index in [1.54, 1.807) is 0 Å². The van der Waals surface area contributed by atoms with Crippen LogP contribution in [0.1, 0.15) is 0 Å². The van der Waals surface area contributed by atoms with Crippen LogP contribution in [0.5, 0.6) is 0 Å². The number of nitrogens with zero attached hydrogens (tertiary/aromatic N) is 1. The number of aliphatic hydroxyl groups is 2. The van der Waals surface area contributed by atoms with Gasteiger partial charge in [0.05, 0.1) is 0 Å². The summed E-state index contributed by atoms with van der Waals surface area (Å²) in [5, 5.41) is 24.9. The molecule has 0 aromatic carbocycles. The first-order chi connectivity index (χ1) is 5.44. The van der Waals surface area contributed by atoms with Crippen molar-refractivity contribution in [2.24, 2.45) is 0 Å². The van der Waals surface area contributed by atoms with Crippen LogP contribution in [0.4, 0.5) is 22.0 Å². The molecule has 0 aromatic rings.